The second-order valence-electron chi connectivity index (χ2n) is 5.80. The summed E-state index contributed by atoms with van der Waals surface area (Å²) in [5, 5.41) is 11.8. The molecule has 0 bridgehead atoms. The lowest BCUT2D eigenvalue weighted by molar-refractivity contribution is 0.407. The summed E-state index contributed by atoms with van der Waals surface area (Å²) in [7, 11) is 1.64. The van der Waals surface area contributed by atoms with Crippen molar-refractivity contribution in [3.05, 3.63) is 66.5 Å². The molecule has 0 saturated heterocycles. The summed E-state index contributed by atoms with van der Waals surface area (Å²) in [5.74, 6) is 1.63. The number of nitrogens with one attached hydrogen (secondary N) is 1. The Balaban J connectivity index is 1.69. The van der Waals surface area contributed by atoms with Crippen LogP contribution >= 0.6 is 0 Å². The summed E-state index contributed by atoms with van der Waals surface area (Å²) in [6.45, 7) is 2.52. The van der Waals surface area contributed by atoms with E-state index < -0.39 is 0 Å². The van der Waals surface area contributed by atoms with Gasteiger partial charge in [0.1, 0.15) is 23.6 Å². The van der Waals surface area contributed by atoms with Crippen molar-refractivity contribution in [2.45, 2.75) is 13.5 Å². The largest absolute Gasteiger partial charge is 0.495 e. The molecule has 0 unspecified atom stereocenters. The second kappa shape index (κ2) is 6.79. The number of rotatable bonds is 5. The summed E-state index contributed by atoms with van der Waals surface area (Å²) in [5.41, 5.74) is 4.61. The van der Waals surface area contributed by atoms with E-state index in [0.717, 1.165) is 39.7 Å². The molecule has 7 nitrogen and oxygen atoms in total. The number of hydrogen-bond donors (Lipinski definition) is 1. The maximum absolute atomic E-state index is 5.36. The number of ether oxygens (including phenoxy) is 1. The van der Waals surface area contributed by atoms with E-state index in [4.69, 9.17) is 4.74 Å². The van der Waals surface area contributed by atoms with Crippen LogP contribution in [0.1, 0.15) is 11.4 Å². The van der Waals surface area contributed by atoms with E-state index in [1.165, 1.54) is 0 Å². The lowest BCUT2D eigenvalue weighted by Crippen LogP contribution is -2.07. The van der Waals surface area contributed by atoms with E-state index in [-0.39, 0.29) is 0 Å². The Bertz CT molecular complexity index is 1060. The summed E-state index contributed by atoms with van der Waals surface area (Å²) < 4.78 is 7.28. The van der Waals surface area contributed by atoms with Crippen LogP contribution in [0.25, 0.3) is 16.8 Å². The highest BCUT2D eigenvalue weighted by atomic mass is 16.5. The molecule has 4 heterocycles. The Morgan fingerprint density at radius 2 is 1.88 bits per heavy atom. The van der Waals surface area contributed by atoms with Gasteiger partial charge in [0.05, 0.1) is 13.7 Å². The molecule has 4 aromatic rings. The zero-order chi connectivity index (χ0) is 17.9. The molecular weight excluding hydrogens is 328 g/mol. The number of fused-ring (bicyclic) bond motifs is 1. The van der Waals surface area contributed by atoms with Crippen molar-refractivity contribution >= 4 is 11.5 Å². The minimum Gasteiger partial charge on any atom is -0.495 e. The van der Waals surface area contributed by atoms with E-state index in [2.05, 4.69) is 25.5 Å². The van der Waals surface area contributed by atoms with Crippen molar-refractivity contribution in [2.75, 3.05) is 12.4 Å². The van der Waals surface area contributed by atoms with E-state index in [0.29, 0.717) is 6.54 Å². The number of anilines is 1. The third kappa shape index (κ3) is 2.83. The molecule has 26 heavy (non-hydrogen) atoms. The number of aromatic nitrogens is 5. The highest BCUT2D eigenvalue weighted by Crippen LogP contribution is 2.28. The zero-order valence-corrected chi connectivity index (χ0v) is 14.5. The van der Waals surface area contributed by atoms with Crippen LogP contribution in [-0.2, 0) is 6.54 Å². The summed E-state index contributed by atoms with van der Waals surface area (Å²) >= 11 is 0. The van der Waals surface area contributed by atoms with Crippen molar-refractivity contribution in [1.29, 1.82) is 0 Å². The van der Waals surface area contributed by atoms with Crippen LogP contribution in [0.15, 0.2) is 55.1 Å². The molecule has 0 radical (unpaired) electrons. The number of pyridine rings is 3. The predicted octanol–water partition coefficient (Wildman–Crippen LogP) is 3.12. The van der Waals surface area contributed by atoms with E-state index >= 15 is 0 Å². The molecule has 0 aliphatic rings. The second-order valence-corrected chi connectivity index (χ2v) is 5.80. The smallest absolute Gasteiger partial charge is 0.170 e. The van der Waals surface area contributed by atoms with Gasteiger partial charge in [-0.05, 0) is 37.3 Å². The maximum atomic E-state index is 5.36. The molecule has 7 heteroatoms. The first-order valence-electron chi connectivity index (χ1n) is 8.24. The molecule has 0 atom stereocenters. The van der Waals surface area contributed by atoms with E-state index in [1.54, 1.807) is 25.8 Å². The quantitative estimate of drug-likeness (QED) is 0.598. The summed E-state index contributed by atoms with van der Waals surface area (Å²) in [4.78, 5) is 8.74. The monoisotopic (exact) mass is 346 g/mol. The molecule has 4 aromatic heterocycles. The van der Waals surface area contributed by atoms with Crippen LogP contribution in [0.2, 0.25) is 0 Å². The molecule has 0 aliphatic carbocycles. The van der Waals surface area contributed by atoms with Gasteiger partial charge in [-0.1, -0.05) is 6.07 Å². The molecule has 0 aliphatic heterocycles. The van der Waals surface area contributed by atoms with Gasteiger partial charge in [-0.3, -0.25) is 14.4 Å². The minimum atomic E-state index is 0.530. The van der Waals surface area contributed by atoms with Gasteiger partial charge in [-0.2, -0.15) is 0 Å². The van der Waals surface area contributed by atoms with Crippen LogP contribution < -0.4 is 10.1 Å². The predicted molar refractivity (Wildman–Crippen MR) is 99.1 cm³/mol. The van der Waals surface area contributed by atoms with E-state index in [9.17, 15) is 0 Å². The topological polar surface area (TPSA) is 77.2 Å². The van der Waals surface area contributed by atoms with Crippen molar-refractivity contribution in [3.63, 3.8) is 0 Å². The first-order valence-corrected chi connectivity index (χ1v) is 8.24. The lowest BCUT2D eigenvalue weighted by atomic mass is 10.1. The number of hydrogen-bond acceptors (Lipinski definition) is 6. The van der Waals surface area contributed by atoms with Crippen LogP contribution in [0.5, 0.6) is 5.75 Å². The Morgan fingerprint density at radius 1 is 1.04 bits per heavy atom. The minimum absolute atomic E-state index is 0.530. The number of nitrogens with zero attached hydrogens (tertiary/aromatic N) is 5. The van der Waals surface area contributed by atoms with Crippen molar-refractivity contribution < 1.29 is 4.74 Å². The molecule has 4 rings (SSSR count). The Morgan fingerprint density at radius 3 is 2.73 bits per heavy atom. The fourth-order valence-electron chi connectivity index (χ4n) is 2.95. The van der Waals surface area contributed by atoms with Gasteiger partial charge in [0, 0.05) is 29.2 Å². The van der Waals surface area contributed by atoms with Crippen molar-refractivity contribution in [3.8, 4) is 16.9 Å². The van der Waals surface area contributed by atoms with Gasteiger partial charge >= 0.3 is 0 Å². The third-order valence-electron chi connectivity index (χ3n) is 4.26. The number of methoxy groups -OCH3 is 1. The molecule has 130 valence electrons. The van der Waals surface area contributed by atoms with Crippen LogP contribution in [0, 0.1) is 6.92 Å². The number of aryl methyl sites for hydroxylation is 1. The third-order valence-corrected chi connectivity index (χ3v) is 4.26. The standard InChI is InChI=1S/C19H18N6O/c1-13-14(5-3-9-20-13)15-7-8-18(25-12-23-24-19(15)25)22-11-16-17(26-2)6-4-10-21-16/h3-10,12,22H,11H2,1-2H3. The van der Waals surface area contributed by atoms with Gasteiger partial charge in [0.15, 0.2) is 5.65 Å². The van der Waals surface area contributed by atoms with E-state index in [1.807, 2.05) is 47.7 Å². The van der Waals surface area contributed by atoms with Gasteiger partial charge in [-0.25, -0.2) is 0 Å². The lowest BCUT2D eigenvalue weighted by Gasteiger charge is -2.13. The zero-order valence-electron chi connectivity index (χ0n) is 14.5. The Kier molecular flexibility index (Phi) is 4.18. The maximum Gasteiger partial charge on any atom is 0.170 e. The van der Waals surface area contributed by atoms with Crippen LogP contribution in [-0.4, -0.2) is 31.7 Å². The molecule has 0 aromatic carbocycles. The highest BCUT2D eigenvalue weighted by Gasteiger charge is 2.12. The fraction of sp³-hybridized carbons (Fsp3) is 0.158. The first kappa shape index (κ1) is 16.0. The average Bonchev–Trinajstić information content (AvgIpc) is 3.17. The molecule has 0 spiro atoms. The average molecular weight is 346 g/mol. The summed E-state index contributed by atoms with van der Waals surface area (Å²) in [6.07, 6.45) is 5.24. The van der Waals surface area contributed by atoms with Crippen LogP contribution in [0.4, 0.5) is 5.82 Å². The molecular formula is C19H18N6O. The Hall–Kier alpha value is -3.48. The van der Waals surface area contributed by atoms with Gasteiger partial charge in [0.25, 0.3) is 0 Å². The molecule has 0 fully saturated rings. The molecule has 0 saturated carbocycles. The van der Waals surface area contributed by atoms with Gasteiger partial charge in [-0.15, -0.1) is 10.2 Å². The Labute approximate surface area is 150 Å². The van der Waals surface area contributed by atoms with Crippen molar-refractivity contribution in [2.24, 2.45) is 0 Å². The molecule has 1 N–H and O–H groups in total. The summed E-state index contributed by atoms with van der Waals surface area (Å²) in [6, 6.07) is 11.8. The molecule has 0 amide bonds. The highest BCUT2D eigenvalue weighted by molar-refractivity contribution is 5.80. The van der Waals surface area contributed by atoms with Crippen molar-refractivity contribution in [1.82, 2.24) is 24.6 Å². The fourth-order valence-corrected chi connectivity index (χ4v) is 2.95. The normalized spacial score (nSPS) is 10.8. The van der Waals surface area contributed by atoms with Gasteiger partial charge < -0.3 is 10.1 Å². The van der Waals surface area contributed by atoms with Crippen LogP contribution in [0.3, 0.4) is 0 Å². The first-order chi connectivity index (χ1) is 12.8. The van der Waals surface area contributed by atoms with Gasteiger partial charge in [0.2, 0.25) is 0 Å². The SMILES string of the molecule is COc1cccnc1CNc1ccc(-c2cccnc2C)c2nncn12.